The zero-order valence-electron chi connectivity index (χ0n) is 15.0. The van der Waals surface area contributed by atoms with Crippen LogP contribution >= 0.6 is 0 Å². The molecule has 0 radical (unpaired) electrons. The van der Waals surface area contributed by atoms with E-state index in [1.54, 1.807) is 12.0 Å². The topological polar surface area (TPSA) is 59.1 Å². The number of ether oxygens (including phenoxy) is 2. The summed E-state index contributed by atoms with van der Waals surface area (Å²) in [5.74, 6) is 0.999. The summed E-state index contributed by atoms with van der Waals surface area (Å²) in [4.78, 5) is 28.1. The Morgan fingerprint density at radius 3 is 2.17 bits per heavy atom. The van der Waals surface area contributed by atoms with Gasteiger partial charge in [0.1, 0.15) is 6.61 Å². The van der Waals surface area contributed by atoms with E-state index in [4.69, 9.17) is 9.47 Å². The van der Waals surface area contributed by atoms with E-state index in [2.05, 4.69) is 0 Å². The molecule has 1 saturated heterocycles. The Morgan fingerprint density at radius 1 is 0.917 bits per heavy atom. The maximum Gasteiger partial charge on any atom is 0.248 e. The average molecular weight is 340 g/mol. The van der Waals surface area contributed by atoms with E-state index in [9.17, 15) is 9.59 Å². The van der Waals surface area contributed by atoms with Gasteiger partial charge in [0.15, 0.2) is 0 Å². The lowest BCUT2D eigenvalue weighted by Crippen LogP contribution is -2.51. The van der Waals surface area contributed by atoms with E-state index in [-0.39, 0.29) is 18.4 Å². The number of hydrogen-bond donors (Lipinski definition) is 0. The van der Waals surface area contributed by atoms with E-state index in [0.717, 1.165) is 12.3 Å². The number of hydrogen-bond acceptors (Lipinski definition) is 4. The van der Waals surface area contributed by atoms with Gasteiger partial charge in [0.25, 0.3) is 0 Å². The molecule has 0 aromatic heterocycles. The molecule has 1 saturated carbocycles. The summed E-state index contributed by atoms with van der Waals surface area (Å²) in [5.41, 5.74) is 0. The standard InChI is InChI=1S/C18H32N2O4/c1-23-13-14-24-15-18(22)20-11-9-19(10-12-20)17(21)8-7-16-5-3-2-4-6-16/h16H,2-15H2,1H3. The van der Waals surface area contributed by atoms with Crippen LogP contribution in [0.4, 0.5) is 0 Å². The molecule has 2 amide bonds. The molecule has 2 rings (SSSR count). The molecule has 0 unspecified atom stereocenters. The van der Waals surface area contributed by atoms with Crippen LogP contribution in [0.1, 0.15) is 44.9 Å². The molecule has 0 N–H and O–H groups in total. The summed E-state index contributed by atoms with van der Waals surface area (Å²) < 4.78 is 10.2. The van der Waals surface area contributed by atoms with Gasteiger partial charge in [-0.15, -0.1) is 0 Å². The molecule has 6 nitrogen and oxygen atoms in total. The normalized spacial score (nSPS) is 19.5. The Bertz CT molecular complexity index is 388. The molecule has 6 heteroatoms. The van der Waals surface area contributed by atoms with Crippen LogP contribution < -0.4 is 0 Å². The van der Waals surface area contributed by atoms with Gasteiger partial charge in [-0.2, -0.15) is 0 Å². The monoisotopic (exact) mass is 340 g/mol. The Morgan fingerprint density at radius 2 is 1.54 bits per heavy atom. The predicted molar refractivity (Wildman–Crippen MR) is 91.7 cm³/mol. The summed E-state index contributed by atoms with van der Waals surface area (Å²) in [6.45, 7) is 3.54. The van der Waals surface area contributed by atoms with Crippen molar-refractivity contribution in [1.29, 1.82) is 0 Å². The largest absolute Gasteiger partial charge is 0.382 e. The van der Waals surface area contributed by atoms with E-state index in [0.29, 0.717) is 45.8 Å². The maximum atomic E-state index is 12.3. The van der Waals surface area contributed by atoms with Crippen LogP contribution in [0.2, 0.25) is 0 Å². The fraction of sp³-hybridized carbons (Fsp3) is 0.889. The first-order valence-electron chi connectivity index (χ1n) is 9.33. The zero-order valence-corrected chi connectivity index (χ0v) is 15.0. The summed E-state index contributed by atoms with van der Waals surface area (Å²) in [7, 11) is 1.61. The SMILES string of the molecule is COCCOCC(=O)N1CCN(C(=O)CCC2CCCCC2)CC1. The van der Waals surface area contributed by atoms with Crippen LogP contribution in [0.5, 0.6) is 0 Å². The van der Waals surface area contributed by atoms with Gasteiger partial charge in [0.05, 0.1) is 13.2 Å². The fourth-order valence-corrected chi connectivity index (χ4v) is 3.56. The molecule has 0 aromatic carbocycles. The number of piperazine rings is 1. The molecule has 1 aliphatic carbocycles. The lowest BCUT2D eigenvalue weighted by molar-refractivity contribution is -0.142. The first kappa shape index (κ1) is 19.2. The molecule has 0 spiro atoms. The summed E-state index contributed by atoms with van der Waals surface area (Å²) in [6.07, 6.45) is 8.29. The van der Waals surface area contributed by atoms with Crippen LogP contribution in [-0.4, -0.2) is 74.7 Å². The minimum atomic E-state index is 0.000377. The minimum Gasteiger partial charge on any atom is -0.382 e. The molecular formula is C18H32N2O4. The number of carbonyl (C=O) groups excluding carboxylic acids is 2. The second-order valence-corrected chi connectivity index (χ2v) is 6.85. The van der Waals surface area contributed by atoms with E-state index >= 15 is 0 Å². The first-order valence-corrected chi connectivity index (χ1v) is 9.33. The summed E-state index contributed by atoms with van der Waals surface area (Å²) in [6, 6.07) is 0. The van der Waals surface area contributed by atoms with Crippen LogP contribution in [-0.2, 0) is 19.1 Å². The molecule has 138 valence electrons. The van der Waals surface area contributed by atoms with Gasteiger partial charge in [-0.25, -0.2) is 0 Å². The molecule has 2 fully saturated rings. The van der Waals surface area contributed by atoms with Crippen LogP contribution in [0.3, 0.4) is 0 Å². The first-order chi connectivity index (χ1) is 11.7. The van der Waals surface area contributed by atoms with E-state index in [1.165, 1.54) is 32.1 Å². The number of rotatable bonds is 8. The van der Waals surface area contributed by atoms with Gasteiger partial charge in [0, 0.05) is 39.7 Å². The average Bonchev–Trinajstić information content (AvgIpc) is 2.64. The van der Waals surface area contributed by atoms with Crippen molar-refractivity contribution in [2.45, 2.75) is 44.9 Å². The molecule has 1 heterocycles. The third-order valence-electron chi connectivity index (χ3n) is 5.13. The highest BCUT2D eigenvalue weighted by Gasteiger charge is 2.24. The number of amides is 2. The lowest BCUT2D eigenvalue weighted by Gasteiger charge is -2.35. The van der Waals surface area contributed by atoms with Gasteiger partial charge in [-0.05, 0) is 12.3 Å². The van der Waals surface area contributed by atoms with Crippen molar-refractivity contribution in [2.24, 2.45) is 5.92 Å². The second kappa shape index (κ2) is 10.7. The highest BCUT2D eigenvalue weighted by Crippen LogP contribution is 2.27. The minimum absolute atomic E-state index is 0.000377. The van der Waals surface area contributed by atoms with Crippen molar-refractivity contribution >= 4 is 11.8 Å². The highest BCUT2D eigenvalue weighted by atomic mass is 16.5. The van der Waals surface area contributed by atoms with Crippen molar-refractivity contribution in [3.63, 3.8) is 0 Å². The second-order valence-electron chi connectivity index (χ2n) is 6.85. The Kier molecular flexibility index (Phi) is 8.53. The van der Waals surface area contributed by atoms with Crippen molar-refractivity contribution in [3.8, 4) is 0 Å². The van der Waals surface area contributed by atoms with Crippen molar-refractivity contribution in [1.82, 2.24) is 9.80 Å². The zero-order chi connectivity index (χ0) is 17.2. The molecule has 0 atom stereocenters. The van der Waals surface area contributed by atoms with Crippen LogP contribution in [0.25, 0.3) is 0 Å². The highest BCUT2D eigenvalue weighted by molar-refractivity contribution is 5.79. The summed E-state index contributed by atoms with van der Waals surface area (Å²) >= 11 is 0. The summed E-state index contributed by atoms with van der Waals surface area (Å²) in [5, 5.41) is 0. The van der Waals surface area contributed by atoms with Crippen LogP contribution in [0.15, 0.2) is 0 Å². The van der Waals surface area contributed by atoms with E-state index in [1.807, 2.05) is 4.90 Å². The maximum absolute atomic E-state index is 12.3. The Labute approximate surface area is 145 Å². The third-order valence-corrected chi connectivity index (χ3v) is 5.13. The molecule has 0 bridgehead atoms. The van der Waals surface area contributed by atoms with Gasteiger partial charge in [-0.1, -0.05) is 32.1 Å². The molecule has 2 aliphatic rings. The van der Waals surface area contributed by atoms with Crippen molar-refractivity contribution in [2.75, 3.05) is 53.1 Å². The van der Waals surface area contributed by atoms with Gasteiger partial charge in [0.2, 0.25) is 11.8 Å². The predicted octanol–water partition coefficient (Wildman–Crippen LogP) is 1.68. The molecular weight excluding hydrogens is 308 g/mol. The van der Waals surface area contributed by atoms with Gasteiger partial charge < -0.3 is 19.3 Å². The van der Waals surface area contributed by atoms with Crippen LogP contribution in [0, 0.1) is 5.92 Å². The van der Waals surface area contributed by atoms with Gasteiger partial charge in [-0.3, -0.25) is 9.59 Å². The third kappa shape index (κ3) is 6.40. The smallest absolute Gasteiger partial charge is 0.248 e. The lowest BCUT2D eigenvalue weighted by atomic mass is 9.86. The molecule has 24 heavy (non-hydrogen) atoms. The number of methoxy groups -OCH3 is 1. The van der Waals surface area contributed by atoms with Crippen molar-refractivity contribution < 1.29 is 19.1 Å². The molecule has 0 aromatic rings. The molecule has 1 aliphatic heterocycles. The fourth-order valence-electron chi connectivity index (χ4n) is 3.56. The van der Waals surface area contributed by atoms with Gasteiger partial charge >= 0.3 is 0 Å². The Hall–Kier alpha value is -1.14. The van der Waals surface area contributed by atoms with E-state index < -0.39 is 0 Å². The van der Waals surface area contributed by atoms with Crippen molar-refractivity contribution in [3.05, 3.63) is 0 Å². The number of carbonyl (C=O) groups is 2. The quantitative estimate of drug-likeness (QED) is 0.631. The Balaban J connectivity index is 1.60. The number of nitrogens with zero attached hydrogens (tertiary/aromatic N) is 2.